The second-order valence-electron chi connectivity index (χ2n) is 8.27. The maximum absolute atomic E-state index is 13.7. The van der Waals surface area contributed by atoms with Crippen LogP contribution in [0, 0.1) is 19.7 Å². The second-order valence-corrected chi connectivity index (χ2v) is 9.51. The van der Waals surface area contributed by atoms with E-state index in [-0.39, 0.29) is 17.8 Å². The summed E-state index contributed by atoms with van der Waals surface area (Å²) < 4.78 is 15.5. The van der Waals surface area contributed by atoms with Crippen LogP contribution in [0.5, 0.6) is 0 Å². The Hall–Kier alpha value is -3.26. The van der Waals surface area contributed by atoms with Gasteiger partial charge >= 0.3 is 0 Å². The van der Waals surface area contributed by atoms with Crippen molar-refractivity contribution in [2.75, 3.05) is 11.9 Å². The quantitative estimate of drug-likeness (QED) is 0.446. The fourth-order valence-corrected chi connectivity index (χ4v) is 5.15. The minimum absolute atomic E-state index is 0.0556. The van der Waals surface area contributed by atoms with Crippen LogP contribution >= 0.6 is 11.3 Å². The summed E-state index contributed by atoms with van der Waals surface area (Å²) in [6, 6.07) is 10.3. The molecule has 6 nitrogen and oxygen atoms in total. The number of nitrogens with zero attached hydrogens (tertiary/aromatic N) is 4. The summed E-state index contributed by atoms with van der Waals surface area (Å²) in [5.41, 5.74) is 4.07. The molecular weight excluding hydrogens is 425 g/mol. The van der Waals surface area contributed by atoms with Gasteiger partial charge in [0.25, 0.3) is 5.91 Å². The molecule has 0 aliphatic carbocycles. The number of rotatable bonds is 4. The van der Waals surface area contributed by atoms with E-state index in [4.69, 9.17) is 4.98 Å². The van der Waals surface area contributed by atoms with E-state index in [0.717, 1.165) is 50.8 Å². The highest BCUT2D eigenvalue weighted by Gasteiger charge is 2.33. The Morgan fingerprint density at radius 3 is 2.84 bits per heavy atom. The predicted molar refractivity (Wildman–Crippen MR) is 125 cm³/mol. The second kappa shape index (κ2) is 8.02. The summed E-state index contributed by atoms with van der Waals surface area (Å²) in [4.78, 5) is 25.7. The monoisotopic (exact) mass is 449 g/mol. The molecule has 1 fully saturated rings. The zero-order valence-corrected chi connectivity index (χ0v) is 19.0. The number of likely N-dealkylation sites (tertiary alicyclic amines) is 1. The van der Waals surface area contributed by atoms with Crippen molar-refractivity contribution in [1.82, 2.24) is 19.4 Å². The third kappa shape index (κ3) is 3.75. The molecule has 1 aliphatic rings. The van der Waals surface area contributed by atoms with Crippen molar-refractivity contribution < 1.29 is 9.18 Å². The van der Waals surface area contributed by atoms with Crippen LogP contribution in [0.3, 0.4) is 0 Å². The number of aryl methyl sites for hydroxylation is 3. The molecule has 0 bridgehead atoms. The first-order valence-corrected chi connectivity index (χ1v) is 11.4. The van der Waals surface area contributed by atoms with Crippen LogP contribution in [0.1, 0.15) is 45.6 Å². The van der Waals surface area contributed by atoms with E-state index >= 15 is 0 Å². The summed E-state index contributed by atoms with van der Waals surface area (Å²) in [5, 5.41) is 4.92. The Balaban J connectivity index is 1.46. The smallest absolute Gasteiger partial charge is 0.271 e. The number of aromatic nitrogens is 3. The number of hydrogen-bond donors (Lipinski definition) is 1. The van der Waals surface area contributed by atoms with E-state index < -0.39 is 0 Å². The van der Waals surface area contributed by atoms with Crippen molar-refractivity contribution in [2.24, 2.45) is 7.05 Å². The predicted octanol–water partition coefficient (Wildman–Crippen LogP) is 5.51. The average Bonchev–Trinajstić information content (AvgIpc) is 3.46. The van der Waals surface area contributed by atoms with E-state index in [1.807, 2.05) is 48.7 Å². The van der Waals surface area contributed by atoms with Crippen molar-refractivity contribution >= 4 is 39.0 Å². The van der Waals surface area contributed by atoms with Gasteiger partial charge in [0, 0.05) is 47.0 Å². The summed E-state index contributed by atoms with van der Waals surface area (Å²) in [7, 11) is 1.85. The number of amides is 1. The molecule has 8 heteroatoms. The van der Waals surface area contributed by atoms with E-state index in [2.05, 4.69) is 10.3 Å². The number of anilines is 2. The van der Waals surface area contributed by atoms with Gasteiger partial charge in [-0.2, -0.15) is 0 Å². The Morgan fingerprint density at radius 1 is 1.22 bits per heavy atom. The highest BCUT2D eigenvalue weighted by Crippen LogP contribution is 2.35. The van der Waals surface area contributed by atoms with Crippen LogP contribution in [-0.2, 0) is 7.05 Å². The molecular formula is C24H24FN5OS. The summed E-state index contributed by atoms with van der Waals surface area (Å²) in [6.45, 7) is 4.65. The van der Waals surface area contributed by atoms with E-state index in [1.165, 1.54) is 12.1 Å². The molecule has 1 N–H and O–H groups in total. The van der Waals surface area contributed by atoms with Crippen molar-refractivity contribution in [1.29, 1.82) is 0 Å². The lowest BCUT2D eigenvalue weighted by atomic mass is 10.1. The third-order valence-corrected chi connectivity index (χ3v) is 6.75. The molecule has 32 heavy (non-hydrogen) atoms. The maximum atomic E-state index is 13.7. The Labute approximate surface area is 189 Å². The van der Waals surface area contributed by atoms with Crippen LogP contribution in [0.2, 0.25) is 0 Å². The number of carbonyl (C=O) groups is 1. The minimum atomic E-state index is -0.305. The lowest BCUT2D eigenvalue weighted by Gasteiger charge is -2.25. The van der Waals surface area contributed by atoms with Gasteiger partial charge in [0.1, 0.15) is 11.5 Å². The van der Waals surface area contributed by atoms with Crippen LogP contribution in [0.25, 0.3) is 10.9 Å². The van der Waals surface area contributed by atoms with Crippen LogP contribution < -0.4 is 5.32 Å². The largest absolute Gasteiger partial charge is 0.340 e. The van der Waals surface area contributed by atoms with Crippen molar-refractivity contribution in [3.8, 4) is 0 Å². The van der Waals surface area contributed by atoms with Gasteiger partial charge in [-0.25, -0.2) is 9.37 Å². The summed E-state index contributed by atoms with van der Waals surface area (Å²) in [5.74, 6) is -0.361. The van der Waals surface area contributed by atoms with Crippen molar-refractivity contribution in [3.05, 3.63) is 70.4 Å². The molecule has 1 saturated heterocycles. The fraction of sp³-hybridized carbons (Fsp3) is 0.292. The molecule has 4 heterocycles. The number of hydrogen-bond acceptors (Lipinski definition) is 5. The Bertz CT molecular complexity index is 1330. The first-order valence-electron chi connectivity index (χ1n) is 10.6. The third-order valence-electron chi connectivity index (χ3n) is 5.92. The van der Waals surface area contributed by atoms with Crippen molar-refractivity contribution in [3.63, 3.8) is 0 Å². The molecule has 1 amide bonds. The van der Waals surface area contributed by atoms with Crippen LogP contribution in [0.15, 0.2) is 42.6 Å². The van der Waals surface area contributed by atoms with Gasteiger partial charge in [-0.05, 0) is 63.1 Å². The summed E-state index contributed by atoms with van der Waals surface area (Å²) in [6.07, 6.45) is 3.62. The maximum Gasteiger partial charge on any atom is 0.271 e. The number of thiazole rings is 1. The fourth-order valence-electron chi connectivity index (χ4n) is 4.46. The average molecular weight is 450 g/mol. The molecule has 0 spiro atoms. The van der Waals surface area contributed by atoms with Crippen LogP contribution in [-0.4, -0.2) is 31.9 Å². The number of carbonyl (C=O) groups excluding carboxylic acids is 1. The Morgan fingerprint density at radius 2 is 2.06 bits per heavy atom. The number of benzene rings is 1. The molecule has 0 radical (unpaired) electrons. The molecule has 1 aromatic carbocycles. The highest BCUT2D eigenvalue weighted by molar-refractivity contribution is 7.15. The molecule has 0 saturated carbocycles. The first-order chi connectivity index (χ1) is 15.4. The highest BCUT2D eigenvalue weighted by atomic mass is 32.1. The topological polar surface area (TPSA) is 63.1 Å². The Kier molecular flexibility index (Phi) is 5.17. The molecule has 3 aromatic heterocycles. The van der Waals surface area contributed by atoms with E-state index in [0.29, 0.717) is 12.2 Å². The molecule has 4 aromatic rings. The number of fused-ring (bicyclic) bond motifs is 1. The van der Waals surface area contributed by atoms with E-state index in [9.17, 15) is 9.18 Å². The van der Waals surface area contributed by atoms with Gasteiger partial charge in [0.15, 0.2) is 5.13 Å². The normalized spacial score (nSPS) is 16.1. The van der Waals surface area contributed by atoms with Gasteiger partial charge in [-0.1, -0.05) is 0 Å². The van der Waals surface area contributed by atoms with Gasteiger partial charge in [0.05, 0.1) is 11.7 Å². The lowest BCUT2D eigenvalue weighted by molar-refractivity contribution is 0.0723. The molecule has 5 rings (SSSR count). The van der Waals surface area contributed by atoms with Crippen LogP contribution in [0.4, 0.5) is 15.2 Å². The zero-order chi connectivity index (χ0) is 22.4. The number of halogens is 1. The number of pyridine rings is 1. The SMILES string of the molecule is Cc1cc(Nc2ncc(C)s2)cc([C@@H]2CCCN2C(=O)c2cc3cc(F)ccc3n2C)n1. The molecule has 164 valence electrons. The zero-order valence-electron chi connectivity index (χ0n) is 18.2. The van der Waals surface area contributed by atoms with Gasteiger partial charge < -0.3 is 14.8 Å². The van der Waals surface area contributed by atoms with Gasteiger partial charge in [0.2, 0.25) is 0 Å². The van der Waals surface area contributed by atoms with Gasteiger partial charge in [-0.15, -0.1) is 11.3 Å². The number of nitrogens with one attached hydrogen (secondary N) is 1. The molecule has 0 unspecified atom stereocenters. The standard InChI is InChI=1S/C24H24FN5OS/c1-14-9-18(28-24-26-13-15(2)32-24)12-19(27-14)21-5-4-8-30(21)23(31)22-11-16-10-17(25)6-7-20(16)29(22)3/h6-7,9-13,21H,4-5,8H2,1-3H3,(H,26,27,28)/t21-/m0/s1. The lowest BCUT2D eigenvalue weighted by Crippen LogP contribution is -2.32. The first kappa shape index (κ1) is 20.6. The van der Waals surface area contributed by atoms with Gasteiger partial charge in [-0.3, -0.25) is 9.78 Å². The van der Waals surface area contributed by atoms with Crippen molar-refractivity contribution in [2.45, 2.75) is 32.7 Å². The minimum Gasteiger partial charge on any atom is -0.340 e. The summed E-state index contributed by atoms with van der Waals surface area (Å²) >= 11 is 1.60. The van der Waals surface area contributed by atoms with E-state index in [1.54, 1.807) is 23.5 Å². The molecule has 1 atom stereocenters. The molecule has 1 aliphatic heterocycles.